The van der Waals surface area contributed by atoms with Gasteiger partial charge < -0.3 is 10.1 Å². The average Bonchev–Trinajstić information content (AvgIpc) is 2.38. The molecule has 0 heterocycles. The lowest BCUT2D eigenvalue weighted by Gasteiger charge is -2.11. The highest BCUT2D eigenvalue weighted by Gasteiger charge is 2.10. The van der Waals surface area contributed by atoms with Crippen LogP contribution in [0.5, 0.6) is 5.75 Å². The summed E-state index contributed by atoms with van der Waals surface area (Å²) in [6.07, 6.45) is 4.57. The highest BCUT2D eigenvalue weighted by molar-refractivity contribution is 6.37. The third kappa shape index (κ3) is 6.03. The maximum Gasteiger partial charge on any atom is 0.156 e. The van der Waals surface area contributed by atoms with Gasteiger partial charge in [0, 0.05) is 5.56 Å². The van der Waals surface area contributed by atoms with Crippen LogP contribution in [0.4, 0.5) is 0 Å². The third-order valence-electron chi connectivity index (χ3n) is 2.94. The van der Waals surface area contributed by atoms with E-state index < -0.39 is 0 Å². The van der Waals surface area contributed by atoms with Gasteiger partial charge in [-0.05, 0) is 25.0 Å². The molecule has 0 aliphatic carbocycles. The number of quaternary nitrogens is 1. The van der Waals surface area contributed by atoms with Crippen molar-refractivity contribution < 1.29 is 10.1 Å². The molecule has 19 heavy (non-hydrogen) atoms. The zero-order valence-electron chi connectivity index (χ0n) is 11.8. The molecule has 1 aromatic carbocycles. The van der Waals surface area contributed by atoms with Crippen LogP contribution in [0, 0.1) is 0 Å². The number of nitrogens with two attached hydrogens (primary N) is 1. The Balaban J connectivity index is 2.57. The second-order valence-corrected chi connectivity index (χ2v) is 5.54. The van der Waals surface area contributed by atoms with E-state index in [-0.39, 0.29) is 0 Å². The summed E-state index contributed by atoms with van der Waals surface area (Å²) in [7, 11) is 0. The molecule has 0 unspecified atom stereocenters. The van der Waals surface area contributed by atoms with Crippen LogP contribution in [-0.2, 0) is 6.54 Å². The van der Waals surface area contributed by atoms with Crippen LogP contribution in [0.15, 0.2) is 12.1 Å². The highest BCUT2D eigenvalue weighted by atomic mass is 35.5. The molecule has 0 aromatic heterocycles. The van der Waals surface area contributed by atoms with Crippen molar-refractivity contribution in [3.05, 3.63) is 27.7 Å². The fourth-order valence-corrected chi connectivity index (χ4v) is 2.45. The van der Waals surface area contributed by atoms with E-state index in [1.165, 1.54) is 12.8 Å². The molecule has 0 aliphatic heterocycles. The molecule has 2 nitrogen and oxygen atoms in total. The van der Waals surface area contributed by atoms with E-state index in [2.05, 4.69) is 19.2 Å². The maximum absolute atomic E-state index is 6.23. The molecule has 0 fully saturated rings. The van der Waals surface area contributed by atoms with Gasteiger partial charge in [-0.25, -0.2) is 0 Å². The predicted molar refractivity (Wildman–Crippen MR) is 82.3 cm³/mol. The molecular formula is C15H24Cl2NO+. The first-order valence-corrected chi connectivity index (χ1v) is 7.87. The fourth-order valence-electron chi connectivity index (χ4n) is 1.80. The summed E-state index contributed by atoms with van der Waals surface area (Å²) >= 11 is 12.5. The van der Waals surface area contributed by atoms with Crippen LogP contribution in [0.3, 0.4) is 0 Å². The van der Waals surface area contributed by atoms with Crippen LogP contribution in [-0.4, -0.2) is 13.2 Å². The molecule has 0 radical (unpaired) electrons. The van der Waals surface area contributed by atoms with Crippen molar-refractivity contribution in [1.29, 1.82) is 0 Å². The van der Waals surface area contributed by atoms with Crippen LogP contribution >= 0.6 is 23.2 Å². The van der Waals surface area contributed by atoms with Crippen molar-refractivity contribution in [1.82, 2.24) is 0 Å². The van der Waals surface area contributed by atoms with Crippen molar-refractivity contribution in [2.24, 2.45) is 0 Å². The molecule has 4 heteroatoms. The average molecular weight is 305 g/mol. The van der Waals surface area contributed by atoms with Crippen LogP contribution in [0.2, 0.25) is 10.0 Å². The molecule has 1 aromatic rings. The smallest absolute Gasteiger partial charge is 0.156 e. The number of benzene rings is 1. The second kappa shape index (κ2) is 9.46. The molecule has 0 bridgehead atoms. The summed E-state index contributed by atoms with van der Waals surface area (Å²) in [4.78, 5) is 0. The fraction of sp³-hybridized carbons (Fsp3) is 0.600. The Bertz CT molecular complexity index is 359. The van der Waals surface area contributed by atoms with Crippen molar-refractivity contribution in [3.63, 3.8) is 0 Å². The topological polar surface area (TPSA) is 25.8 Å². The minimum Gasteiger partial charge on any atom is -0.490 e. The molecule has 1 rings (SSSR count). The largest absolute Gasteiger partial charge is 0.490 e. The Morgan fingerprint density at radius 2 is 1.68 bits per heavy atom. The van der Waals surface area contributed by atoms with E-state index in [4.69, 9.17) is 27.9 Å². The molecule has 0 aliphatic rings. The second-order valence-electron chi connectivity index (χ2n) is 4.73. The quantitative estimate of drug-likeness (QED) is 0.685. The monoisotopic (exact) mass is 304 g/mol. The van der Waals surface area contributed by atoms with Gasteiger partial charge in [-0.15, -0.1) is 0 Å². The summed E-state index contributed by atoms with van der Waals surface area (Å²) in [5.41, 5.74) is 1.15. The van der Waals surface area contributed by atoms with Gasteiger partial charge in [-0.2, -0.15) is 0 Å². The Morgan fingerprint density at radius 3 is 2.26 bits per heavy atom. The van der Waals surface area contributed by atoms with E-state index in [0.29, 0.717) is 22.4 Å². The molecular weight excluding hydrogens is 281 g/mol. The van der Waals surface area contributed by atoms with Gasteiger partial charge in [0.05, 0.1) is 23.2 Å². The summed E-state index contributed by atoms with van der Waals surface area (Å²) in [6, 6.07) is 3.91. The van der Waals surface area contributed by atoms with Crippen molar-refractivity contribution in [3.8, 4) is 5.75 Å². The van der Waals surface area contributed by atoms with E-state index >= 15 is 0 Å². The third-order valence-corrected chi connectivity index (χ3v) is 3.51. The van der Waals surface area contributed by atoms with E-state index in [9.17, 15) is 0 Å². The number of unbranched alkanes of at least 4 members (excludes halogenated alkanes) is 2. The van der Waals surface area contributed by atoms with E-state index in [1.807, 2.05) is 12.1 Å². The molecule has 0 amide bonds. The number of ether oxygens (including phenoxy) is 1. The normalized spacial score (nSPS) is 10.7. The first-order chi connectivity index (χ1) is 9.19. The summed E-state index contributed by atoms with van der Waals surface area (Å²) in [5.74, 6) is 0.620. The summed E-state index contributed by atoms with van der Waals surface area (Å²) in [5, 5.41) is 3.51. The van der Waals surface area contributed by atoms with Crippen molar-refractivity contribution in [2.45, 2.75) is 46.1 Å². The zero-order valence-corrected chi connectivity index (χ0v) is 13.4. The minimum absolute atomic E-state index is 0.613. The lowest BCUT2D eigenvalue weighted by Crippen LogP contribution is -2.82. The standard InChI is InChI=1S/C15H23Cl2NO/c1-3-5-7-18-11-12-9-13(16)15(14(17)10-12)19-8-6-4-2/h9-10,18H,3-8,11H2,1-2H3/p+1. The Kier molecular flexibility index (Phi) is 8.27. The van der Waals surface area contributed by atoms with Crippen LogP contribution in [0.25, 0.3) is 0 Å². The number of halogens is 2. The highest BCUT2D eigenvalue weighted by Crippen LogP contribution is 2.34. The van der Waals surface area contributed by atoms with E-state index in [0.717, 1.165) is 31.5 Å². The first kappa shape index (κ1) is 16.6. The Morgan fingerprint density at radius 1 is 1.05 bits per heavy atom. The van der Waals surface area contributed by atoms with Gasteiger partial charge in [0.1, 0.15) is 6.54 Å². The van der Waals surface area contributed by atoms with E-state index in [1.54, 1.807) is 0 Å². The molecule has 0 atom stereocenters. The molecule has 108 valence electrons. The number of hydrogen-bond acceptors (Lipinski definition) is 1. The Labute approximate surface area is 126 Å². The zero-order chi connectivity index (χ0) is 14.1. The van der Waals surface area contributed by atoms with Gasteiger partial charge in [0.15, 0.2) is 5.75 Å². The van der Waals surface area contributed by atoms with Gasteiger partial charge in [-0.1, -0.05) is 49.9 Å². The van der Waals surface area contributed by atoms with Crippen molar-refractivity contribution in [2.75, 3.05) is 13.2 Å². The number of rotatable bonds is 9. The lowest BCUT2D eigenvalue weighted by molar-refractivity contribution is -0.670. The van der Waals surface area contributed by atoms with Crippen LogP contribution in [0.1, 0.15) is 45.1 Å². The Hall–Kier alpha value is -0.440. The molecule has 0 saturated carbocycles. The van der Waals surface area contributed by atoms with Gasteiger partial charge in [-0.3, -0.25) is 0 Å². The van der Waals surface area contributed by atoms with Crippen LogP contribution < -0.4 is 10.1 Å². The summed E-state index contributed by atoms with van der Waals surface area (Å²) in [6.45, 7) is 7.04. The van der Waals surface area contributed by atoms with Gasteiger partial charge in [0.25, 0.3) is 0 Å². The maximum atomic E-state index is 6.23. The molecule has 2 N–H and O–H groups in total. The van der Waals surface area contributed by atoms with Gasteiger partial charge in [0.2, 0.25) is 0 Å². The summed E-state index contributed by atoms with van der Waals surface area (Å²) < 4.78 is 5.63. The van der Waals surface area contributed by atoms with Crippen molar-refractivity contribution >= 4 is 23.2 Å². The molecule has 0 saturated heterocycles. The first-order valence-electron chi connectivity index (χ1n) is 7.11. The lowest BCUT2D eigenvalue weighted by atomic mass is 10.2. The molecule has 0 spiro atoms. The predicted octanol–water partition coefficient (Wildman–Crippen LogP) is 4.04. The van der Waals surface area contributed by atoms with Gasteiger partial charge >= 0.3 is 0 Å². The number of hydrogen-bond donors (Lipinski definition) is 1. The SMILES string of the molecule is CCCC[NH2+]Cc1cc(Cl)c(OCCCC)c(Cl)c1. The minimum atomic E-state index is 0.613.